The Morgan fingerprint density at radius 3 is 1.95 bits per heavy atom. The van der Waals surface area contributed by atoms with Crippen LogP contribution in [-0.2, 0) is 0 Å². The maximum Gasteiger partial charge on any atom is 0.349 e. The molecule has 4 N–H and O–H groups in total. The predicted molar refractivity (Wildman–Crippen MR) is 234 cm³/mol. The van der Waals surface area contributed by atoms with Crippen LogP contribution in [0.15, 0.2) is 41.6 Å². The molecular weight excluding hydrogens is 858 g/mol. The summed E-state index contributed by atoms with van der Waals surface area (Å²) >= 11 is 0. The number of hydrogen-bond acceptors (Lipinski definition) is 18. The van der Waals surface area contributed by atoms with Gasteiger partial charge in [0.25, 0.3) is 11.4 Å². The molecule has 0 radical (unpaired) electrons. The Bertz CT molecular complexity index is 3320. The fraction of sp³-hybridized carbons (Fsp3) is 0.452. The van der Waals surface area contributed by atoms with Crippen LogP contribution < -0.4 is 21.7 Å². The van der Waals surface area contributed by atoms with Crippen LogP contribution in [0.3, 0.4) is 0 Å². The average molecular weight is 904 g/mol. The van der Waals surface area contributed by atoms with Crippen LogP contribution in [-0.4, -0.2) is 86.6 Å². The number of nitrogens with two attached hydrogens (primary N) is 1. The molecule has 9 aromatic rings. The lowest BCUT2D eigenvalue weighted by molar-refractivity contribution is 0.401. The number of methoxy groups -OCH3 is 1. The van der Waals surface area contributed by atoms with Crippen LogP contribution in [0.5, 0.6) is 5.88 Å². The molecule has 0 spiro atoms. The number of aromatic amines is 2. The van der Waals surface area contributed by atoms with Gasteiger partial charge in [-0.25, -0.2) is 28.8 Å². The van der Waals surface area contributed by atoms with Gasteiger partial charge in [-0.3, -0.25) is 14.8 Å². The highest BCUT2D eigenvalue weighted by Crippen LogP contribution is 2.38. The summed E-state index contributed by atoms with van der Waals surface area (Å²) in [6.07, 6.45) is 15.4. The molecule has 3 aliphatic carbocycles. The Labute approximate surface area is 372 Å². The van der Waals surface area contributed by atoms with Crippen molar-refractivity contribution in [3.05, 3.63) is 62.7 Å². The zero-order chi connectivity index (χ0) is 45.6. The van der Waals surface area contributed by atoms with Gasteiger partial charge in [0.05, 0.1) is 42.0 Å². The second kappa shape index (κ2) is 17.4. The van der Waals surface area contributed by atoms with E-state index in [0.717, 1.165) is 88.4 Å². The number of nitrogen functional groups attached to an aromatic ring is 1. The fourth-order valence-corrected chi connectivity index (χ4v) is 9.18. The van der Waals surface area contributed by atoms with Crippen molar-refractivity contribution in [3.63, 3.8) is 0 Å². The summed E-state index contributed by atoms with van der Waals surface area (Å²) in [5.41, 5.74) is 9.55. The van der Waals surface area contributed by atoms with E-state index in [1.807, 2.05) is 29.3 Å². The number of aryl methyl sites for hydroxylation is 3. The van der Waals surface area contributed by atoms with E-state index in [1.54, 1.807) is 17.9 Å². The van der Waals surface area contributed by atoms with Gasteiger partial charge < -0.3 is 23.9 Å². The van der Waals surface area contributed by atoms with Crippen molar-refractivity contribution in [3.8, 4) is 40.5 Å². The molecular formula is C42H46FN17O6. The van der Waals surface area contributed by atoms with Crippen molar-refractivity contribution in [2.75, 3.05) is 12.8 Å². The summed E-state index contributed by atoms with van der Waals surface area (Å²) < 4.78 is 40.1. The highest BCUT2D eigenvalue weighted by molar-refractivity contribution is 5.93. The van der Waals surface area contributed by atoms with Crippen LogP contribution in [0.1, 0.15) is 112 Å². The zero-order valence-electron chi connectivity index (χ0n) is 36.6. The van der Waals surface area contributed by atoms with E-state index in [-0.39, 0.29) is 41.4 Å². The van der Waals surface area contributed by atoms with Crippen molar-refractivity contribution >= 4 is 39.0 Å². The van der Waals surface area contributed by atoms with Crippen molar-refractivity contribution in [2.45, 2.75) is 116 Å². The lowest BCUT2D eigenvalue weighted by atomic mass is 10.2. The lowest BCUT2D eigenvalue weighted by Gasteiger charge is -2.10. The maximum absolute atomic E-state index is 13.4. The second-order valence-electron chi connectivity index (χ2n) is 16.8. The van der Waals surface area contributed by atoms with Gasteiger partial charge in [0.15, 0.2) is 34.3 Å². The molecule has 24 heteroatoms. The molecule has 0 aromatic carbocycles. The third-order valence-electron chi connectivity index (χ3n) is 12.2. The number of aromatic nitrogens is 16. The van der Waals surface area contributed by atoms with E-state index in [1.165, 1.54) is 13.3 Å². The molecule has 0 amide bonds. The van der Waals surface area contributed by atoms with Gasteiger partial charge in [-0.2, -0.15) is 39.6 Å². The van der Waals surface area contributed by atoms with Gasteiger partial charge in [0, 0.05) is 12.3 Å². The topological polar surface area (TPSA) is 297 Å². The third-order valence-corrected chi connectivity index (χ3v) is 12.2. The predicted octanol–water partition coefficient (Wildman–Crippen LogP) is 6.43. The van der Waals surface area contributed by atoms with Crippen molar-refractivity contribution in [1.29, 1.82) is 0 Å². The Hall–Kier alpha value is -7.66. The monoisotopic (exact) mass is 903 g/mol. The maximum atomic E-state index is 13.4. The smallest absolute Gasteiger partial charge is 0.349 e. The Kier molecular flexibility index (Phi) is 11.1. The third kappa shape index (κ3) is 7.95. The minimum absolute atomic E-state index is 0.0740. The Balaban J connectivity index is 0.000000116. The molecule has 9 heterocycles. The van der Waals surface area contributed by atoms with Crippen LogP contribution in [0, 0.1) is 26.8 Å². The van der Waals surface area contributed by atoms with E-state index in [4.69, 9.17) is 23.9 Å². The SMILES string of the molecule is COc1nc(=O)[nH]c2c1c(-c1nc(C)co1)nn2C1CCCC1.Cc1cc(-c2nn(C3CCCC3)c3nc(F)ncc23)on1.Cc1noc(-c2nn(C3CCCC3)c3nc(N)[nH]c(=O)c23)n1. The van der Waals surface area contributed by atoms with E-state index in [9.17, 15) is 14.0 Å². The number of H-pyrrole nitrogens is 2. The van der Waals surface area contributed by atoms with Gasteiger partial charge in [0.2, 0.25) is 17.7 Å². The molecule has 66 heavy (non-hydrogen) atoms. The van der Waals surface area contributed by atoms with E-state index < -0.39 is 11.8 Å². The number of oxazole rings is 1. The van der Waals surface area contributed by atoms with Crippen LogP contribution >= 0.6 is 0 Å². The number of rotatable bonds is 7. The average Bonchev–Trinajstić information content (AvgIpc) is 4.13. The summed E-state index contributed by atoms with van der Waals surface area (Å²) in [7, 11) is 1.48. The highest BCUT2D eigenvalue weighted by Gasteiger charge is 2.30. The van der Waals surface area contributed by atoms with E-state index in [0.29, 0.717) is 67.7 Å². The summed E-state index contributed by atoms with van der Waals surface area (Å²) in [6.45, 7) is 5.41. The van der Waals surface area contributed by atoms with Crippen molar-refractivity contribution in [2.24, 2.45) is 0 Å². The fourth-order valence-electron chi connectivity index (χ4n) is 9.18. The Morgan fingerprint density at radius 1 is 0.712 bits per heavy atom. The van der Waals surface area contributed by atoms with Crippen LogP contribution in [0.25, 0.3) is 67.7 Å². The molecule has 9 aromatic heterocycles. The number of halogens is 1. The number of anilines is 1. The molecule has 3 saturated carbocycles. The first kappa shape index (κ1) is 42.3. The minimum Gasteiger partial charge on any atom is -0.480 e. The standard InChI is InChI=1S/C15H17N5O3.C14H14FN5O.C13H15N7O2/c1-8-7-23-14(16-8)11-10-12(17-15(21)18-13(10)22-2)20(19-11)9-5-3-4-6-9;1-8-6-11(21-19-8)12-10-7-16-14(15)17-13(10)20(18-12)9-4-2-3-5-9;1-6-15-12(22-19-6)9-8-10(16-13(14)17-11(8)21)20(18-9)7-4-2-3-5-7/h7,9H,3-6H2,1-2H3,(H,17,18,21);6-7,9H,2-5H2,1H3;7H,2-5H2,1H3,(H3,14,16,17,21). The molecule has 0 bridgehead atoms. The van der Waals surface area contributed by atoms with Crippen LogP contribution in [0.2, 0.25) is 0 Å². The molecule has 0 saturated heterocycles. The highest BCUT2D eigenvalue weighted by atomic mass is 19.1. The van der Waals surface area contributed by atoms with Crippen LogP contribution in [0.4, 0.5) is 10.3 Å². The number of nitrogens with one attached hydrogen (secondary N) is 2. The summed E-state index contributed by atoms with van der Waals surface area (Å²) in [6, 6.07) is 2.54. The summed E-state index contributed by atoms with van der Waals surface area (Å²) in [4.78, 5) is 53.7. The normalized spacial score (nSPS) is 15.8. The zero-order valence-corrected chi connectivity index (χ0v) is 36.6. The lowest BCUT2D eigenvalue weighted by Crippen LogP contribution is -2.15. The van der Waals surface area contributed by atoms with Gasteiger partial charge in [-0.05, 0) is 59.3 Å². The van der Waals surface area contributed by atoms with Gasteiger partial charge in [-0.1, -0.05) is 48.8 Å². The number of nitrogens with zero attached hydrogens (tertiary/aromatic N) is 14. The first-order valence-corrected chi connectivity index (χ1v) is 21.9. The molecule has 0 unspecified atom stereocenters. The number of hydrogen-bond donors (Lipinski definition) is 3. The molecule has 12 rings (SSSR count). The quantitative estimate of drug-likeness (QED) is 0.145. The Morgan fingerprint density at radius 2 is 1.35 bits per heavy atom. The first-order chi connectivity index (χ1) is 32.0. The van der Waals surface area contributed by atoms with E-state index >= 15 is 0 Å². The summed E-state index contributed by atoms with van der Waals surface area (Å²) in [5.74, 6) is 1.97. The molecule has 3 aliphatic rings. The van der Waals surface area contributed by atoms with Crippen molar-refractivity contribution in [1.82, 2.24) is 79.5 Å². The van der Waals surface area contributed by atoms with Gasteiger partial charge >= 0.3 is 11.8 Å². The van der Waals surface area contributed by atoms with Crippen molar-refractivity contribution < 1.29 is 22.6 Å². The van der Waals surface area contributed by atoms with Gasteiger partial charge in [-0.15, -0.1) is 0 Å². The number of fused-ring (bicyclic) bond motifs is 3. The molecule has 3 fully saturated rings. The van der Waals surface area contributed by atoms with E-state index in [2.05, 4.69) is 65.5 Å². The first-order valence-electron chi connectivity index (χ1n) is 21.9. The largest absolute Gasteiger partial charge is 0.480 e. The molecule has 342 valence electrons. The molecule has 0 atom stereocenters. The second-order valence-corrected chi connectivity index (χ2v) is 16.8. The minimum atomic E-state index is -0.734. The van der Waals surface area contributed by atoms with Gasteiger partial charge in [0.1, 0.15) is 28.4 Å². The molecule has 0 aliphatic heterocycles. The number of ether oxygens (including phenoxy) is 1. The molecule has 23 nitrogen and oxygen atoms in total. The summed E-state index contributed by atoms with van der Waals surface area (Å²) in [5, 5.41) is 23.1.